The van der Waals surface area contributed by atoms with Crippen molar-refractivity contribution in [2.45, 2.75) is 50.4 Å². The van der Waals surface area contributed by atoms with Crippen LogP contribution in [0.1, 0.15) is 44.3 Å². The summed E-state index contributed by atoms with van der Waals surface area (Å²) in [5.74, 6) is 0.764. The van der Waals surface area contributed by atoms with Crippen molar-refractivity contribution in [3.63, 3.8) is 0 Å². The van der Waals surface area contributed by atoms with E-state index < -0.39 is 6.10 Å². The van der Waals surface area contributed by atoms with Crippen LogP contribution < -0.4 is 4.74 Å². The molecule has 0 saturated carbocycles. The van der Waals surface area contributed by atoms with Crippen LogP contribution in [0.15, 0.2) is 18.2 Å². The third-order valence-corrected chi connectivity index (χ3v) is 4.42. The van der Waals surface area contributed by atoms with Gasteiger partial charge in [-0.25, -0.2) is 0 Å². The van der Waals surface area contributed by atoms with Crippen LogP contribution >= 0.6 is 11.6 Å². The van der Waals surface area contributed by atoms with Gasteiger partial charge in [0.2, 0.25) is 0 Å². The van der Waals surface area contributed by atoms with E-state index in [2.05, 4.69) is 6.92 Å². The van der Waals surface area contributed by atoms with Crippen molar-refractivity contribution >= 4 is 11.6 Å². The van der Waals surface area contributed by atoms with E-state index in [-0.39, 0.29) is 11.7 Å². The second-order valence-corrected chi connectivity index (χ2v) is 5.98. The van der Waals surface area contributed by atoms with Crippen molar-refractivity contribution in [3.8, 4) is 5.75 Å². The van der Waals surface area contributed by atoms with Gasteiger partial charge in [0.25, 0.3) is 0 Å². The highest BCUT2D eigenvalue weighted by atomic mass is 35.5. The first-order valence-corrected chi connectivity index (χ1v) is 7.28. The highest BCUT2D eigenvalue weighted by Gasteiger charge is 2.44. The van der Waals surface area contributed by atoms with E-state index in [4.69, 9.17) is 21.1 Å². The Hall–Kier alpha value is -0.770. The number of ether oxygens (including phenoxy) is 2. The van der Waals surface area contributed by atoms with Crippen molar-refractivity contribution in [2.24, 2.45) is 0 Å². The monoisotopic (exact) mass is 282 g/mol. The van der Waals surface area contributed by atoms with E-state index in [0.29, 0.717) is 18.1 Å². The molecule has 0 amide bonds. The van der Waals surface area contributed by atoms with Crippen LogP contribution in [0.25, 0.3) is 0 Å². The summed E-state index contributed by atoms with van der Waals surface area (Å²) in [5, 5.41) is 11.0. The van der Waals surface area contributed by atoms with E-state index in [9.17, 15) is 5.11 Å². The highest BCUT2D eigenvalue weighted by Crippen LogP contribution is 2.45. The van der Waals surface area contributed by atoms with Gasteiger partial charge in [-0.3, -0.25) is 0 Å². The van der Waals surface area contributed by atoms with Crippen molar-refractivity contribution in [3.05, 3.63) is 28.8 Å². The lowest BCUT2D eigenvalue weighted by atomic mass is 9.80. The zero-order valence-corrected chi connectivity index (χ0v) is 11.8. The van der Waals surface area contributed by atoms with Gasteiger partial charge in [0.15, 0.2) is 0 Å². The zero-order chi connectivity index (χ0) is 13.5. The number of aliphatic hydroxyl groups excluding tert-OH is 1. The smallest absolute Gasteiger partial charge is 0.126 e. The molecule has 1 aromatic rings. The Labute approximate surface area is 118 Å². The van der Waals surface area contributed by atoms with Gasteiger partial charge in [-0.1, -0.05) is 18.5 Å². The van der Waals surface area contributed by atoms with Gasteiger partial charge in [-0.15, -0.1) is 0 Å². The Morgan fingerprint density at radius 2 is 2.26 bits per heavy atom. The van der Waals surface area contributed by atoms with Crippen LogP contribution in [-0.4, -0.2) is 23.4 Å². The van der Waals surface area contributed by atoms with Crippen LogP contribution in [0.2, 0.25) is 5.02 Å². The van der Waals surface area contributed by atoms with Crippen LogP contribution in [0.5, 0.6) is 5.75 Å². The van der Waals surface area contributed by atoms with E-state index in [1.807, 2.05) is 12.1 Å². The molecule has 1 N–H and O–H groups in total. The molecule has 2 aliphatic rings. The predicted octanol–water partition coefficient (Wildman–Crippen LogP) is 3.48. The Morgan fingerprint density at radius 3 is 3.05 bits per heavy atom. The molecule has 2 unspecified atom stereocenters. The van der Waals surface area contributed by atoms with Gasteiger partial charge < -0.3 is 14.6 Å². The Kier molecular flexibility index (Phi) is 3.46. The zero-order valence-electron chi connectivity index (χ0n) is 11.1. The molecule has 104 valence electrons. The molecular weight excluding hydrogens is 264 g/mol. The average Bonchev–Trinajstić information content (AvgIpc) is 2.40. The third kappa shape index (κ3) is 2.47. The minimum Gasteiger partial charge on any atom is -0.487 e. The van der Waals surface area contributed by atoms with Crippen LogP contribution in [0.3, 0.4) is 0 Å². The molecule has 0 bridgehead atoms. The molecule has 3 rings (SSSR count). The molecule has 2 heterocycles. The van der Waals surface area contributed by atoms with Crippen molar-refractivity contribution in [1.82, 2.24) is 0 Å². The number of halogens is 1. The van der Waals surface area contributed by atoms with Gasteiger partial charge in [-0.05, 0) is 24.6 Å². The summed E-state index contributed by atoms with van der Waals surface area (Å²) in [6.45, 7) is 2.82. The summed E-state index contributed by atoms with van der Waals surface area (Å²) in [6, 6.07) is 5.46. The summed E-state index contributed by atoms with van der Waals surface area (Å²) in [4.78, 5) is 0. The van der Waals surface area contributed by atoms with Gasteiger partial charge in [0, 0.05) is 29.8 Å². The topological polar surface area (TPSA) is 38.7 Å². The number of rotatable bonds is 1. The minimum absolute atomic E-state index is 0.231. The summed E-state index contributed by atoms with van der Waals surface area (Å²) < 4.78 is 11.9. The lowest BCUT2D eigenvalue weighted by Gasteiger charge is -2.45. The molecule has 1 aromatic carbocycles. The Balaban J connectivity index is 1.89. The van der Waals surface area contributed by atoms with Crippen molar-refractivity contribution in [1.29, 1.82) is 0 Å². The maximum atomic E-state index is 10.4. The number of fused-ring (bicyclic) bond motifs is 1. The number of hydrogen-bond donors (Lipinski definition) is 1. The van der Waals surface area contributed by atoms with Crippen molar-refractivity contribution in [2.75, 3.05) is 6.61 Å². The van der Waals surface area contributed by atoms with Crippen LogP contribution in [-0.2, 0) is 4.74 Å². The molecular formula is C15H19ClO3. The second-order valence-electron chi connectivity index (χ2n) is 5.54. The molecule has 3 nitrogen and oxygen atoms in total. The lowest BCUT2D eigenvalue weighted by Crippen LogP contribution is -2.48. The largest absolute Gasteiger partial charge is 0.487 e. The normalized spacial score (nSPS) is 33.8. The van der Waals surface area contributed by atoms with E-state index >= 15 is 0 Å². The molecule has 0 aromatic heterocycles. The molecule has 1 saturated heterocycles. The summed E-state index contributed by atoms with van der Waals surface area (Å²) >= 11 is 5.98. The van der Waals surface area contributed by atoms with Crippen molar-refractivity contribution < 1.29 is 14.6 Å². The predicted molar refractivity (Wildman–Crippen MR) is 73.7 cm³/mol. The Morgan fingerprint density at radius 1 is 1.42 bits per heavy atom. The quantitative estimate of drug-likeness (QED) is 0.857. The molecule has 0 aliphatic carbocycles. The van der Waals surface area contributed by atoms with Gasteiger partial charge >= 0.3 is 0 Å². The summed E-state index contributed by atoms with van der Waals surface area (Å²) in [5.41, 5.74) is 0.525. The third-order valence-electron chi connectivity index (χ3n) is 4.19. The second kappa shape index (κ2) is 4.97. The summed E-state index contributed by atoms with van der Waals surface area (Å²) in [7, 11) is 0. The van der Waals surface area contributed by atoms with Gasteiger partial charge in [0.05, 0.1) is 18.8 Å². The fourth-order valence-corrected chi connectivity index (χ4v) is 3.32. The standard InChI is InChI=1S/C15H19ClO3/c1-2-11-8-15(5-6-18-11)9-13(17)12-7-10(16)3-4-14(12)19-15/h3-4,7,11,13,17H,2,5-6,8-9H2,1H3/t11?,13-,15?/m1/s1. The summed E-state index contributed by atoms with van der Waals surface area (Å²) in [6.07, 6.45) is 3.02. The molecule has 2 aliphatic heterocycles. The molecule has 0 radical (unpaired) electrons. The number of benzene rings is 1. The first-order chi connectivity index (χ1) is 9.12. The molecule has 4 heteroatoms. The first-order valence-electron chi connectivity index (χ1n) is 6.90. The van der Waals surface area contributed by atoms with Gasteiger partial charge in [0.1, 0.15) is 11.4 Å². The maximum Gasteiger partial charge on any atom is 0.126 e. The molecule has 19 heavy (non-hydrogen) atoms. The highest BCUT2D eigenvalue weighted by molar-refractivity contribution is 6.30. The number of aliphatic hydroxyl groups is 1. The fraction of sp³-hybridized carbons (Fsp3) is 0.600. The van der Waals surface area contributed by atoms with E-state index in [0.717, 1.165) is 30.6 Å². The average molecular weight is 283 g/mol. The fourth-order valence-electron chi connectivity index (χ4n) is 3.14. The minimum atomic E-state index is -0.502. The lowest BCUT2D eigenvalue weighted by molar-refractivity contribution is -0.116. The SMILES string of the molecule is CCC1CC2(CCO1)C[C@@H](O)c1cc(Cl)ccc1O2. The van der Waals surface area contributed by atoms with E-state index in [1.165, 1.54) is 0 Å². The molecule has 1 fully saturated rings. The number of hydrogen-bond acceptors (Lipinski definition) is 3. The first kappa shape index (κ1) is 13.2. The maximum absolute atomic E-state index is 10.4. The van der Waals surface area contributed by atoms with Crippen LogP contribution in [0, 0.1) is 0 Å². The van der Waals surface area contributed by atoms with Crippen LogP contribution in [0.4, 0.5) is 0 Å². The van der Waals surface area contributed by atoms with E-state index in [1.54, 1.807) is 6.07 Å². The molecule has 3 atom stereocenters. The molecule has 1 spiro atoms. The Bertz CT molecular complexity index is 476. The van der Waals surface area contributed by atoms with Gasteiger partial charge in [-0.2, -0.15) is 0 Å².